The summed E-state index contributed by atoms with van der Waals surface area (Å²) in [4.78, 5) is 11.1. The molecule has 200 valence electrons. The summed E-state index contributed by atoms with van der Waals surface area (Å²) in [7, 11) is 1.37. The zero-order valence-corrected chi connectivity index (χ0v) is 19.8. The normalized spacial score (nSPS) is 38.6. The van der Waals surface area contributed by atoms with E-state index in [0.29, 0.717) is 12.8 Å². The Hall–Kier alpha value is -0.930. The van der Waals surface area contributed by atoms with Crippen molar-refractivity contribution in [2.75, 3.05) is 20.3 Å². The van der Waals surface area contributed by atoms with Gasteiger partial charge in [-0.2, -0.15) is 0 Å². The summed E-state index contributed by atoms with van der Waals surface area (Å²) in [6.07, 6.45) is -7.74. The molecular formula is C22H40O12. The molecule has 0 spiro atoms. The molecule has 0 amide bonds. The molecule has 0 aromatic carbocycles. The van der Waals surface area contributed by atoms with Crippen molar-refractivity contribution < 1.29 is 59.1 Å². The number of carbonyl (C=O) groups is 1. The molecule has 2 saturated heterocycles. The molecule has 10 atom stereocenters. The first-order valence-corrected chi connectivity index (χ1v) is 11.9. The fourth-order valence-electron chi connectivity index (χ4n) is 4.00. The minimum absolute atomic E-state index is 0.211. The second-order valence-corrected chi connectivity index (χ2v) is 8.81. The van der Waals surface area contributed by atoms with E-state index in [1.54, 1.807) is 0 Å². The maximum atomic E-state index is 11.1. The molecule has 34 heavy (non-hydrogen) atoms. The monoisotopic (exact) mass is 496 g/mol. The van der Waals surface area contributed by atoms with Gasteiger partial charge >= 0.3 is 5.97 Å². The third-order valence-corrected chi connectivity index (χ3v) is 6.21. The van der Waals surface area contributed by atoms with Crippen molar-refractivity contribution in [1.82, 2.24) is 0 Å². The van der Waals surface area contributed by atoms with Gasteiger partial charge in [0.15, 0.2) is 12.6 Å². The molecule has 0 radical (unpaired) electrons. The van der Waals surface area contributed by atoms with Crippen molar-refractivity contribution >= 4 is 5.97 Å². The van der Waals surface area contributed by atoms with Crippen LogP contribution in [0.2, 0.25) is 0 Å². The summed E-state index contributed by atoms with van der Waals surface area (Å²) in [5.41, 5.74) is 0. The fraction of sp³-hybridized carbons (Fsp3) is 0.955. The Balaban J connectivity index is 1.84. The van der Waals surface area contributed by atoms with Gasteiger partial charge in [0.1, 0.15) is 42.7 Å². The van der Waals surface area contributed by atoms with Crippen LogP contribution in [-0.2, 0) is 28.5 Å². The Morgan fingerprint density at radius 1 is 0.794 bits per heavy atom. The maximum Gasteiger partial charge on any atom is 0.305 e. The lowest BCUT2D eigenvalue weighted by Crippen LogP contribution is -2.64. The molecule has 6 N–H and O–H groups in total. The summed E-state index contributed by atoms with van der Waals surface area (Å²) < 4.78 is 27.0. The van der Waals surface area contributed by atoms with E-state index in [0.717, 1.165) is 32.1 Å². The number of hydrogen-bond donors (Lipinski definition) is 6. The van der Waals surface area contributed by atoms with E-state index in [1.807, 2.05) is 0 Å². The smallest absolute Gasteiger partial charge is 0.305 e. The van der Waals surface area contributed by atoms with Crippen LogP contribution in [0, 0.1) is 0 Å². The van der Waals surface area contributed by atoms with Crippen LogP contribution in [0.4, 0.5) is 0 Å². The molecular weight excluding hydrogens is 456 g/mol. The number of methoxy groups -OCH3 is 1. The van der Waals surface area contributed by atoms with Gasteiger partial charge in [-0.3, -0.25) is 4.79 Å². The molecule has 0 bridgehead atoms. The molecule has 12 heteroatoms. The van der Waals surface area contributed by atoms with Crippen LogP contribution >= 0.6 is 0 Å². The molecule has 2 aliphatic heterocycles. The standard InChI is InChI=1S/C22H40O12/c1-12-15(25)17(27)19(29)21(32-12)34-20-18(28)16(26)13(11-23)33-22(20)31-10-8-6-4-3-5-7-9-14(24)30-2/h12-13,15-23,25-29H,3-11H2,1-2H3/t12-,13+,15+,16-,17+,18-,19-,20+,21-,22+/m0/s1. The molecule has 2 rings (SSSR count). The lowest BCUT2D eigenvalue weighted by atomic mass is 9.97. The van der Waals surface area contributed by atoms with Crippen LogP contribution in [0.5, 0.6) is 0 Å². The zero-order chi connectivity index (χ0) is 25.3. The molecule has 12 nitrogen and oxygen atoms in total. The SMILES string of the molecule is COC(=O)CCCCCCCCO[C@@H]1O[C@H](CO)[C@H](O)[C@H](O)[C@H]1O[C@@H]1O[C@@H](C)[C@@H](O)[C@@H](O)[C@@H]1O. The number of carbonyl (C=O) groups excluding carboxylic acids is 1. The molecule has 0 aromatic heterocycles. The predicted molar refractivity (Wildman–Crippen MR) is 115 cm³/mol. The van der Waals surface area contributed by atoms with Gasteiger partial charge in [-0.05, 0) is 19.8 Å². The topological polar surface area (TPSA) is 185 Å². The Labute approximate surface area is 199 Å². The number of ether oxygens (including phenoxy) is 5. The summed E-state index contributed by atoms with van der Waals surface area (Å²) in [5.74, 6) is -0.211. The lowest BCUT2D eigenvalue weighted by Gasteiger charge is -2.45. The van der Waals surface area contributed by atoms with E-state index in [9.17, 15) is 35.4 Å². The first kappa shape index (κ1) is 29.3. The molecule has 0 aromatic rings. The van der Waals surface area contributed by atoms with Crippen molar-refractivity contribution in [3.8, 4) is 0 Å². The van der Waals surface area contributed by atoms with E-state index in [1.165, 1.54) is 14.0 Å². The van der Waals surface area contributed by atoms with E-state index in [4.69, 9.17) is 18.9 Å². The van der Waals surface area contributed by atoms with Gasteiger partial charge in [-0.15, -0.1) is 0 Å². The van der Waals surface area contributed by atoms with Crippen molar-refractivity contribution in [3.63, 3.8) is 0 Å². The molecule has 2 fully saturated rings. The summed E-state index contributed by atoms with van der Waals surface area (Å²) >= 11 is 0. The van der Waals surface area contributed by atoms with E-state index < -0.39 is 68.0 Å². The Morgan fingerprint density at radius 3 is 2.09 bits per heavy atom. The molecule has 0 aliphatic carbocycles. The number of hydrogen-bond acceptors (Lipinski definition) is 12. The van der Waals surface area contributed by atoms with E-state index >= 15 is 0 Å². The second-order valence-electron chi connectivity index (χ2n) is 8.81. The minimum atomic E-state index is -1.61. The predicted octanol–water partition coefficient (Wildman–Crippen LogP) is -1.44. The van der Waals surface area contributed by atoms with Crippen LogP contribution in [0.15, 0.2) is 0 Å². The Morgan fingerprint density at radius 2 is 1.44 bits per heavy atom. The van der Waals surface area contributed by atoms with Crippen LogP contribution < -0.4 is 0 Å². The fourth-order valence-corrected chi connectivity index (χ4v) is 4.00. The third-order valence-electron chi connectivity index (χ3n) is 6.21. The lowest BCUT2D eigenvalue weighted by molar-refractivity contribution is -0.364. The molecule has 2 aliphatic rings. The number of aliphatic hydroxyl groups excluding tert-OH is 6. The van der Waals surface area contributed by atoms with E-state index in [2.05, 4.69) is 4.74 Å². The second kappa shape index (κ2) is 14.6. The summed E-state index contributed by atoms with van der Waals surface area (Å²) in [6.45, 7) is 1.18. The van der Waals surface area contributed by atoms with E-state index in [-0.39, 0.29) is 12.6 Å². The van der Waals surface area contributed by atoms with Crippen LogP contribution in [0.25, 0.3) is 0 Å². The highest BCUT2D eigenvalue weighted by atomic mass is 16.8. The highest BCUT2D eigenvalue weighted by Gasteiger charge is 2.50. The van der Waals surface area contributed by atoms with Crippen molar-refractivity contribution in [1.29, 1.82) is 0 Å². The highest BCUT2D eigenvalue weighted by molar-refractivity contribution is 5.68. The first-order chi connectivity index (χ1) is 16.2. The van der Waals surface area contributed by atoms with Gasteiger partial charge in [0.05, 0.1) is 19.8 Å². The van der Waals surface area contributed by atoms with Gasteiger partial charge in [0, 0.05) is 13.0 Å². The zero-order valence-electron chi connectivity index (χ0n) is 19.8. The van der Waals surface area contributed by atoms with Gasteiger partial charge in [-0.25, -0.2) is 0 Å². The van der Waals surface area contributed by atoms with Crippen LogP contribution in [0.1, 0.15) is 51.9 Å². The molecule has 2 heterocycles. The van der Waals surface area contributed by atoms with Crippen LogP contribution in [-0.4, -0.2) is 118 Å². The van der Waals surface area contributed by atoms with Crippen molar-refractivity contribution in [3.05, 3.63) is 0 Å². The number of aliphatic hydroxyl groups is 6. The number of unbranched alkanes of at least 4 members (excludes halogenated alkanes) is 5. The van der Waals surface area contributed by atoms with Gasteiger partial charge in [0.25, 0.3) is 0 Å². The third kappa shape index (κ3) is 8.05. The molecule has 0 unspecified atom stereocenters. The first-order valence-electron chi connectivity index (χ1n) is 11.9. The minimum Gasteiger partial charge on any atom is -0.469 e. The highest BCUT2D eigenvalue weighted by Crippen LogP contribution is 2.29. The number of rotatable bonds is 13. The van der Waals surface area contributed by atoms with Crippen molar-refractivity contribution in [2.24, 2.45) is 0 Å². The van der Waals surface area contributed by atoms with Crippen LogP contribution in [0.3, 0.4) is 0 Å². The molecule has 0 saturated carbocycles. The summed E-state index contributed by atoms with van der Waals surface area (Å²) in [6, 6.07) is 0. The van der Waals surface area contributed by atoms with Gasteiger partial charge in [0.2, 0.25) is 0 Å². The maximum absolute atomic E-state index is 11.1. The Kier molecular flexibility index (Phi) is 12.6. The largest absolute Gasteiger partial charge is 0.469 e. The average Bonchev–Trinajstić information content (AvgIpc) is 2.83. The summed E-state index contributed by atoms with van der Waals surface area (Å²) in [5, 5.41) is 60.3. The Bertz CT molecular complexity index is 592. The quantitative estimate of drug-likeness (QED) is 0.129. The van der Waals surface area contributed by atoms with Gasteiger partial charge in [-0.1, -0.05) is 25.7 Å². The van der Waals surface area contributed by atoms with Gasteiger partial charge < -0.3 is 54.3 Å². The number of esters is 1. The van der Waals surface area contributed by atoms with Crippen molar-refractivity contribution in [2.45, 2.75) is 113 Å². The average molecular weight is 497 g/mol.